The van der Waals surface area contributed by atoms with E-state index in [4.69, 9.17) is 0 Å². The van der Waals surface area contributed by atoms with Crippen LogP contribution in [0.5, 0.6) is 0 Å². The van der Waals surface area contributed by atoms with E-state index in [1.165, 1.54) is 31.3 Å². The highest BCUT2D eigenvalue weighted by Gasteiger charge is 1.98. The zero-order chi connectivity index (χ0) is 9.52. The summed E-state index contributed by atoms with van der Waals surface area (Å²) in [6.07, 6.45) is 8.40. The molecule has 0 aromatic rings. The van der Waals surface area contributed by atoms with Gasteiger partial charge in [0.15, 0.2) is 0 Å². The molecule has 0 saturated carbocycles. The number of hydrogen-bond acceptors (Lipinski definition) is 1. The molecule has 1 rings (SSSR count). The van der Waals surface area contributed by atoms with Crippen LogP contribution >= 0.6 is 0 Å². The average Bonchev–Trinajstić information content (AvgIpc) is 2.14. The first-order valence-corrected chi connectivity index (χ1v) is 5.11. The van der Waals surface area contributed by atoms with Gasteiger partial charge in [-0.15, -0.1) is 0 Å². The molecule has 0 N–H and O–H groups in total. The highest BCUT2D eigenvalue weighted by Crippen LogP contribution is 2.15. The van der Waals surface area contributed by atoms with Crippen LogP contribution in [0.25, 0.3) is 0 Å². The fourth-order valence-electron chi connectivity index (χ4n) is 1.41. The maximum Gasteiger partial charge on any atom is 0.0220 e. The van der Waals surface area contributed by atoms with Crippen LogP contribution in [0.2, 0.25) is 0 Å². The number of allylic oxidation sites excluding steroid dienone is 2. The molecule has 0 atom stereocenters. The van der Waals surface area contributed by atoms with E-state index in [-0.39, 0.29) is 0 Å². The van der Waals surface area contributed by atoms with Gasteiger partial charge in [0.2, 0.25) is 0 Å². The number of nitrogens with zero attached hydrogens (tertiary/aromatic N) is 1. The van der Waals surface area contributed by atoms with Gasteiger partial charge >= 0.3 is 0 Å². The molecule has 1 aliphatic rings. The maximum absolute atomic E-state index is 3.26. The first-order chi connectivity index (χ1) is 6.29. The Balaban J connectivity index is 2.25. The molecule has 0 aromatic carbocycles. The Morgan fingerprint density at radius 1 is 1.38 bits per heavy atom. The van der Waals surface area contributed by atoms with Crippen molar-refractivity contribution in [3.8, 4) is 11.8 Å². The van der Waals surface area contributed by atoms with Crippen molar-refractivity contribution < 1.29 is 0 Å². The van der Waals surface area contributed by atoms with E-state index in [0.29, 0.717) is 0 Å². The Kier molecular flexibility index (Phi) is 4.64. The van der Waals surface area contributed by atoms with Crippen LogP contribution in [0.1, 0.15) is 32.1 Å². The van der Waals surface area contributed by atoms with Gasteiger partial charge in [-0.1, -0.05) is 17.9 Å². The van der Waals surface area contributed by atoms with E-state index in [0.717, 1.165) is 13.0 Å². The lowest BCUT2D eigenvalue weighted by molar-refractivity contribution is 0.420. The van der Waals surface area contributed by atoms with Gasteiger partial charge in [-0.25, -0.2) is 0 Å². The number of hydrogen-bond donors (Lipinski definition) is 0. The Morgan fingerprint density at radius 2 is 2.23 bits per heavy atom. The van der Waals surface area contributed by atoms with E-state index in [2.05, 4.69) is 36.9 Å². The first kappa shape index (κ1) is 10.3. The van der Waals surface area contributed by atoms with Gasteiger partial charge in [-0.3, -0.25) is 0 Å². The molecule has 0 bridgehead atoms. The highest BCUT2D eigenvalue weighted by atomic mass is 15.0. The second-order valence-corrected chi connectivity index (χ2v) is 3.83. The monoisotopic (exact) mass is 177 g/mol. The summed E-state index contributed by atoms with van der Waals surface area (Å²) in [6.45, 7) is 1.07. The molecule has 0 aromatic heterocycles. The summed E-state index contributed by atoms with van der Waals surface area (Å²) < 4.78 is 0. The molecule has 0 saturated heterocycles. The zero-order valence-corrected chi connectivity index (χ0v) is 8.77. The molecule has 0 amide bonds. The third-order valence-electron chi connectivity index (χ3n) is 2.22. The van der Waals surface area contributed by atoms with Crippen LogP contribution in [0.3, 0.4) is 0 Å². The van der Waals surface area contributed by atoms with E-state index in [1.54, 1.807) is 0 Å². The van der Waals surface area contributed by atoms with Crippen molar-refractivity contribution in [1.82, 2.24) is 4.90 Å². The summed E-state index contributed by atoms with van der Waals surface area (Å²) in [6, 6.07) is 0. The van der Waals surface area contributed by atoms with Gasteiger partial charge < -0.3 is 4.90 Å². The average molecular weight is 177 g/mol. The molecule has 1 aliphatic carbocycles. The van der Waals surface area contributed by atoms with Gasteiger partial charge in [-0.05, 0) is 45.4 Å². The summed E-state index contributed by atoms with van der Waals surface area (Å²) in [5.41, 5.74) is 1.37. The van der Waals surface area contributed by atoms with Gasteiger partial charge in [0.05, 0.1) is 0 Å². The van der Waals surface area contributed by atoms with Gasteiger partial charge in [-0.2, -0.15) is 0 Å². The molecule has 13 heavy (non-hydrogen) atoms. The van der Waals surface area contributed by atoms with Gasteiger partial charge in [0.25, 0.3) is 0 Å². The quantitative estimate of drug-likeness (QED) is 0.586. The molecular formula is C12H19N. The lowest BCUT2D eigenvalue weighted by atomic mass is 10.00. The molecule has 1 nitrogen and oxygen atoms in total. The Labute approximate surface area is 81.8 Å². The predicted octanol–water partition coefficient (Wildman–Crippen LogP) is 2.44. The fraction of sp³-hybridized carbons (Fsp3) is 0.667. The van der Waals surface area contributed by atoms with Gasteiger partial charge in [0, 0.05) is 13.0 Å². The predicted molar refractivity (Wildman–Crippen MR) is 57.5 cm³/mol. The molecule has 1 heteroatoms. The molecule has 0 spiro atoms. The van der Waals surface area contributed by atoms with Crippen molar-refractivity contribution in [1.29, 1.82) is 0 Å². The highest BCUT2D eigenvalue weighted by molar-refractivity contribution is 5.29. The molecule has 0 unspecified atom stereocenters. The van der Waals surface area contributed by atoms with E-state index in [1.807, 2.05) is 0 Å². The minimum absolute atomic E-state index is 0.990. The second kappa shape index (κ2) is 5.83. The normalized spacial score (nSPS) is 16.4. The summed E-state index contributed by atoms with van der Waals surface area (Å²) in [4.78, 5) is 2.17. The van der Waals surface area contributed by atoms with Crippen molar-refractivity contribution in [2.24, 2.45) is 0 Å². The topological polar surface area (TPSA) is 3.24 Å². The molecular weight excluding hydrogens is 158 g/mol. The summed E-state index contributed by atoms with van der Waals surface area (Å²) in [7, 11) is 4.17. The fourth-order valence-corrected chi connectivity index (χ4v) is 1.41. The molecule has 0 radical (unpaired) electrons. The van der Waals surface area contributed by atoms with Gasteiger partial charge in [0.1, 0.15) is 0 Å². The first-order valence-electron chi connectivity index (χ1n) is 5.11. The third-order valence-corrected chi connectivity index (χ3v) is 2.22. The van der Waals surface area contributed by atoms with Crippen molar-refractivity contribution in [2.75, 3.05) is 20.6 Å². The minimum atomic E-state index is 0.990. The van der Waals surface area contributed by atoms with E-state index < -0.39 is 0 Å². The Hall–Kier alpha value is -0.740. The van der Waals surface area contributed by atoms with Crippen LogP contribution < -0.4 is 0 Å². The van der Waals surface area contributed by atoms with Crippen LogP contribution in [0.15, 0.2) is 11.6 Å². The summed E-state index contributed by atoms with van der Waals surface area (Å²) in [5, 5.41) is 0. The zero-order valence-electron chi connectivity index (χ0n) is 8.77. The van der Waals surface area contributed by atoms with Crippen molar-refractivity contribution in [2.45, 2.75) is 32.1 Å². The van der Waals surface area contributed by atoms with Crippen molar-refractivity contribution >= 4 is 0 Å². The van der Waals surface area contributed by atoms with Crippen LogP contribution in [0.4, 0.5) is 0 Å². The minimum Gasteiger partial charge on any atom is -0.308 e. The summed E-state index contributed by atoms with van der Waals surface area (Å²) >= 11 is 0. The van der Waals surface area contributed by atoms with Crippen LogP contribution in [0, 0.1) is 11.8 Å². The van der Waals surface area contributed by atoms with E-state index >= 15 is 0 Å². The lowest BCUT2D eigenvalue weighted by Crippen LogP contribution is -2.11. The third kappa shape index (κ3) is 4.75. The molecule has 72 valence electrons. The Bertz CT molecular complexity index is 227. The standard InChI is InChI=1S/C12H19N/c1-13(2)11-7-6-10-12-8-4-3-5-9-12/h8H,3-5,7,9,11H2,1-2H3. The lowest BCUT2D eigenvalue weighted by Gasteiger charge is -2.06. The molecule has 0 fully saturated rings. The number of rotatable bonds is 2. The smallest absolute Gasteiger partial charge is 0.0220 e. The largest absolute Gasteiger partial charge is 0.308 e. The maximum atomic E-state index is 3.26. The van der Waals surface area contributed by atoms with Crippen molar-refractivity contribution in [3.63, 3.8) is 0 Å². The Morgan fingerprint density at radius 3 is 2.85 bits per heavy atom. The molecule has 0 heterocycles. The molecule has 0 aliphatic heterocycles. The van der Waals surface area contributed by atoms with Crippen molar-refractivity contribution in [3.05, 3.63) is 11.6 Å². The van der Waals surface area contributed by atoms with Crippen LogP contribution in [-0.4, -0.2) is 25.5 Å². The van der Waals surface area contributed by atoms with E-state index in [9.17, 15) is 0 Å². The second-order valence-electron chi connectivity index (χ2n) is 3.83. The van der Waals surface area contributed by atoms with Crippen LogP contribution in [-0.2, 0) is 0 Å². The SMILES string of the molecule is CN(C)CCC#CC1=CCCCC1. The summed E-state index contributed by atoms with van der Waals surface area (Å²) in [5.74, 6) is 6.49.